The molecule has 0 spiro atoms. The Labute approximate surface area is 113 Å². The summed E-state index contributed by atoms with van der Waals surface area (Å²) in [6.45, 7) is 10.0. The smallest absolute Gasteiger partial charge is 0.0589 e. The molecule has 1 aliphatic rings. The summed E-state index contributed by atoms with van der Waals surface area (Å²) in [6.07, 6.45) is 3.97. The van der Waals surface area contributed by atoms with Gasteiger partial charge in [-0.05, 0) is 45.9 Å². The van der Waals surface area contributed by atoms with Gasteiger partial charge in [0.15, 0.2) is 0 Å². The van der Waals surface area contributed by atoms with Crippen LogP contribution in [0.25, 0.3) is 0 Å². The minimum absolute atomic E-state index is 0.720. The second-order valence-corrected chi connectivity index (χ2v) is 5.31. The second-order valence-electron chi connectivity index (χ2n) is 5.31. The molecule has 18 heavy (non-hydrogen) atoms. The van der Waals surface area contributed by atoms with Gasteiger partial charge >= 0.3 is 0 Å². The van der Waals surface area contributed by atoms with Crippen LogP contribution in [0.1, 0.15) is 26.2 Å². The first-order valence-corrected chi connectivity index (χ1v) is 7.39. The van der Waals surface area contributed by atoms with Gasteiger partial charge in [0.05, 0.1) is 6.61 Å². The Balaban J connectivity index is 2.08. The number of hydrogen-bond acceptors (Lipinski definition) is 4. The van der Waals surface area contributed by atoms with Crippen molar-refractivity contribution in [3.63, 3.8) is 0 Å². The molecule has 1 saturated heterocycles. The molecule has 4 heteroatoms. The topological polar surface area (TPSA) is 27.7 Å². The molecule has 1 atom stereocenters. The number of likely N-dealkylation sites (N-methyl/N-ethyl adjacent to an activating group) is 1. The van der Waals surface area contributed by atoms with E-state index in [-0.39, 0.29) is 0 Å². The van der Waals surface area contributed by atoms with Gasteiger partial charge in [0.2, 0.25) is 0 Å². The van der Waals surface area contributed by atoms with E-state index < -0.39 is 0 Å². The van der Waals surface area contributed by atoms with E-state index in [0.29, 0.717) is 0 Å². The third kappa shape index (κ3) is 6.69. The number of ether oxygens (including phenoxy) is 1. The van der Waals surface area contributed by atoms with Crippen molar-refractivity contribution < 1.29 is 4.74 Å². The lowest BCUT2D eigenvalue weighted by Crippen LogP contribution is -2.37. The van der Waals surface area contributed by atoms with Gasteiger partial charge in [-0.3, -0.25) is 0 Å². The lowest BCUT2D eigenvalue weighted by Gasteiger charge is -2.21. The van der Waals surface area contributed by atoms with Crippen LogP contribution >= 0.6 is 0 Å². The SMILES string of the molecule is CCN1CCCC(NCCN(C)CCOC)CC1. The van der Waals surface area contributed by atoms with Crippen molar-refractivity contribution in [2.75, 3.05) is 60.0 Å². The van der Waals surface area contributed by atoms with Crippen LogP contribution in [-0.4, -0.2) is 75.9 Å². The van der Waals surface area contributed by atoms with E-state index in [1.165, 1.54) is 38.9 Å². The maximum Gasteiger partial charge on any atom is 0.0589 e. The average molecular weight is 257 g/mol. The minimum Gasteiger partial charge on any atom is -0.383 e. The van der Waals surface area contributed by atoms with E-state index >= 15 is 0 Å². The highest BCUT2D eigenvalue weighted by molar-refractivity contribution is 4.74. The Hall–Kier alpha value is -0.160. The quantitative estimate of drug-likeness (QED) is 0.703. The highest BCUT2D eigenvalue weighted by Gasteiger charge is 2.15. The van der Waals surface area contributed by atoms with E-state index in [0.717, 1.165) is 32.3 Å². The second kappa shape index (κ2) is 9.73. The summed E-state index contributed by atoms with van der Waals surface area (Å²) in [6, 6.07) is 0.720. The summed E-state index contributed by atoms with van der Waals surface area (Å²) >= 11 is 0. The molecule has 0 bridgehead atoms. The standard InChI is InChI=1S/C14H31N3O/c1-4-17-9-5-6-14(7-10-17)15-8-11-16(2)12-13-18-3/h14-15H,4-13H2,1-3H3. The third-order valence-corrected chi connectivity index (χ3v) is 3.87. The zero-order valence-corrected chi connectivity index (χ0v) is 12.5. The zero-order valence-electron chi connectivity index (χ0n) is 12.5. The predicted molar refractivity (Wildman–Crippen MR) is 77.1 cm³/mol. The molecule has 1 unspecified atom stereocenters. The van der Waals surface area contributed by atoms with Gasteiger partial charge in [-0.25, -0.2) is 0 Å². The summed E-state index contributed by atoms with van der Waals surface area (Å²) in [7, 11) is 3.92. The molecule has 0 aromatic carbocycles. The van der Waals surface area contributed by atoms with Crippen molar-refractivity contribution >= 4 is 0 Å². The van der Waals surface area contributed by atoms with Crippen LogP contribution in [0.15, 0.2) is 0 Å². The fraction of sp³-hybridized carbons (Fsp3) is 1.00. The highest BCUT2D eigenvalue weighted by atomic mass is 16.5. The lowest BCUT2D eigenvalue weighted by atomic mass is 10.1. The normalized spacial score (nSPS) is 22.3. The van der Waals surface area contributed by atoms with E-state index in [2.05, 4.69) is 29.1 Å². The average Bonchev–Trinajstić information content (AvgIpc) is 2.61. The van der Waals surface area contributed by atoms with Crippen LogP contribution < -0.4 is 5.32 Å². The first kappa shape index (κ1) is 15.9. The van der Waals surface area contributed by atoms with Gasteiger partial charge < -0.3 is 19.9 Å². The summed E-state index contributed by atoms with van der Waals surface area (Å²) in [5, 5.41) is 3.70. The Morgan fingerprint density at radius 3 is 2.83 bits per heavy atom. The van der Waals surface area contributed by atoms with Crippen LogP contribution in [0.5, 0.6) is 0 Å². The number of nitrogens with one attached hydrogen (secondary N) is 1. The molecule has 0 aromatic heterocycles. The molecule has 0 aliphatic carbocycles. The number of hydrogen-bond donors (Lipinski definition) is 1. The molecule has 4 nitrogen and oxygen atoms in total. The first-order chi connectivity index (χ1) is 8.76. The van der Waals surface area contributed by atoms with Crippen LogP contribution in [0.4, 0.5) is 0 Å². The Morgan fingerprint density at radius 2 is 2.11 bits per heavy atom. The number of nitrogens with zero attached hydrogens (tertiary/aromatic N) is 2. The molecule has 0 aromatic rings. The molecule has 1 aliphatic heterocycles. The summed E-state index contributed by atoms with van der Waals surface area (Å²) in [5.41, 5.74) is 0. The van der Waals surface area contributed by atoms with Gasteiger partial charge in [0, 0.05) is 32.8 Å². The van der Waals surface area contributed by atoms with Crippen molar-refractivity contribution in [1.29, 1.82) is 0 Å². The molecule has 0 radical (unpaired) electrons. The Morgan fingerprint density at radius 1 is 1.28 bits per heavy atom. The highest BCUT2D eigenvalue weighted by Crippen LogP contribution is 2.10. The lowest BCUT2D eigenvalue weighted by molar-refractivity contribution is 0.161. The van der Waals surface area contributed by atoms with Crippen LogP contribution in [-0.2, 0) is 4.74 Å². The summed E-state index contributed by atoms with van der Waals surface area (Å²) in [4.78, 5) is 4.89. The first-order valence-electron chi connectivity index (χ1n) is 7.39. The minimum atomic E-state index is 0.720. The van der Waals surface area contributed by atoms with Gasteiger partial charge in [0.1, 0.15) is 0 Å². The predicted octanol–water partition coefficient (Wildman–Crippen LogP) is 1.03. The van der Waals surface area contributed by atoms with Crippen LogP contribution in [0.3, 0.4) is 0 Å². The van der Waals surface area contributed by atoms with Crippen molar-refractivity contribution in [3.05, 3.63) is 0 Å². The van der Waals surface area contributed by atoms with Crippen molar-refractivity contribution in [2.45, 2.75) is 32.2 Å². The molecule has 0 saturated carbocycles. The number of rotatable bonds is 8. The summed E-state index contributed by atoms with van der Waals surface area (Å²) < 4.78 is 5.08. The Bertz CT molecular complexity index is 201. The van der Waals surface area contributed by atoms with Crippen molar-refractivity contribution in [3.8, 4) is 0 Å². The summed E-state index contributed by atoms with van der Waals surface area (Å²) in [5.74, 6) is 0. The maximum atomic E-state index is 5.08. The molecular weight excluding hydrogens is 226 g/mol. The largest absolute Gasteiger partial charge is 0.383 e. The molecule has 1 heterocycles. The van der Waals surface area contributed by atoms with E-state index in [4.69, 9.17) is 4.74 Å². The van der Waals surface area contributed by atoms with Crippen LogP contribution in [0.2, 0.25) is 0 Å². The van der Waals surface area contributed by atoms with Crippen molar-refractivity contribution in [2.24, 2.45) is 0 Å². The zero-order chi connectivity index (χ0) is 13.2. The van der Waals surface area contributed by atoms with Crippen molar-refractivity contribution in [1.82, 2.24) is 15.1 Å². The molecule has 108 valence electrons. The molecular formula is C14H31N3O. The molecule has 1 fully saturated rings. The van der Waals surface area contributed by atoms with Crippen LogP contribution in [0, 0.1) is 0 Å². The molecule has 1 rings (SSSR count). The van der Waals surface area contributed by atoms with E-state index in [1.54, 1.807) is 7.11 Å². The fourth-order valence-corrected chi connectivity index (χ4v) is 2.49. The molecule has 0 amide bonds. The van der Waals surface area contributed by atoms with Gasteiger partial charge in [-0.2, -0.15) is 0 Å². The van der Waals surface area contributed by atoms with Gasteiger partial charge in [0.25, 0.3) is 0 Å². The van der Waals surface area contributed by atoms with E-state index in [1.807, 2.05) is 0 Å². The monoisotopic (exact) mass is 257 g/mol. The number of likely N-dealkylation sites (tertiary alicyclic amines) is 1. The fourth-order valence-electron chi connectivity index (χ4n) is 2.49. The third-order valence-electron chi connectivity index (χ3n) is 3.87. The number of methoxy groups -OCH3 is 1. The Kier molecular flexibility index (Phi) is 8.59. The van der Waals surface area contributed by atoms with Gasteiger partial charge in [-0.15, -0.1) is 0 Å². The maximum absolute atomic E-state index is 5.08. The van der Waals surface area contributed by atoms with Gasteiger partial charge in [-0.1, -0.05) is 6.92 Å². The molecule has 1 N–H and O–H groups in total. The van der Waals surface area contributed by atoms with E-state index in [9.17, 15) is 0 Å².